The van der Waals surface area contributed by atoms with Gasteiger partial charge in [0.25, 0.3) is 0 Å². The summed E-state index contributed by atoms with van der Waals surface area (Å²) in [5.74, 6) is -0.267. The van der Waals surface area contributed by atoms with Crippen LogP contribution in [0.25, 0.3) is 0 Å². The maximum absolute atomic E-state index is 11.1. The lowest BCUT2D eigenvalue weighted by molar-refractivity contribution is -0.143. The summed E-state index contributed by atoms with van der Waals surface area (Å²) >= 11 is 0. The Morgan fingerprint density at radius 2 is 1.89 bits per heavy atom. The highest BCUT2D eigenvalue weighted by Crippen LogP contribution is 2.09. The zero-order chi connectivity index (χ0) is 14.1. The first kappa shape index (κ1) is 15.2. The van der Waals surface area contributed by atoms with Gasteiger partial charge in [-0.25, -0.2) is 0 Å². The number of rotatable bonds is 7. The summed E-state index contributed by atoms with van der Waals surface area (Å²) in [5.41, 5.74) is 1.88. The molecule has 0 bridgehead atoms. The van der Waals surface area contributed by atoms with Crippen LogP contribution in [0.1, 0.15) is 25.8 Å². The van der Waals surface area contributed by atoms with E-state index < -0.39 is 0 Å². The van der Waals surface area contributed by atoms with Gasteiger partial charge in [0.2, 0.25) is 5.91 Å². The van der Waals surface area contributed by atoms with Crippen LogP contribution in [-0.4, -0.2) is 25.0 Å². The monoisotopic (exact) mass is 264 g/mol. The zero-order valence-corrected chi connectivity index (χ0v) is 11.4. The average Bonchev–Trinajstić information content (AvgIpc) is 2.36. The molecule has 0 aliphatic heterocycles. The van der Waals surface area contributed by atoms with Crippen molar-refractivity contribution in [1.29, 1.82) is 0 Å². The molecule has 0 saturated heterocycles. The fraction of sp³-hybridized carbons (Fsp3) is 0.429. The molecule has 1 amide bonds. The number of hydrogen-bond donors (Lipinski definition) is 2. The summed E-state index contributed by atoms with van der Waals surface area (Å²) in [6, 6.07) is 7.57. The maximum atomic E-state index is 11.1. The summed E-state index contributed by atoms with van der Waals surface area (Å²) < 4.78 is 4.83. The molecule has 0 atom stereocenters. The topological polar surface area (TPSA) is 67.4 Å². The Balaban J connectivity index is 2.26. The quantitative estimate of drug-likeness (QED) is 0.581. The number of carbonyl (C=O) groups is 2. The number of anilines is 1. The van der Waals surface area contributed by atoms with Gasteiger partial charge in [0.1, 0.15) is 0 Å². The van der Waals surface area contributed by atoms with Crippen molar-refractivity contribution in [2.75, 3.05) is 18.5 Å². The summed E-state index contributed by atoms with van der Waals surface area (Å²) in [6.07, 6.45) is 0.373. The number of nitrogens with one attached hydrogen (secondary N) is 2. The number of benzene rings is 1. The van der Waals surface area contributed by atoms with E-state index >= 15 is 0 Å². The summed E-state index contributed by atoms with van der Waals surface area (Å²) in [5, 5.41) is 5.87. The normalized spacial score (nSPS) is 10.0. The average molecular weight is 264 g/mol. The molecule has 0 unspecified atom stereocenters. The molecule has 0 aromatic heterocycles. The first-order valence-corrected chi connectivity index (χ1v) is 6.34. The lowest BCUT2D eigenvalue weighted by Crippen LogP contribution is -2.19. The van der Waals surface area contributed by atoms with Crippen LogP contribution in [0.3, 0.4) is 0 Å². The fourth-order valence-electron chi connectivity index (χ4n) is 1.57. The smallest absolute Gasteiger partial charge is 0.307 e. The summed E-state index contributed by atoms with van der Waals surface area (Å²) in [7, 11) is 0. The van der Waals surface area contributed by atoms with Crippen molar-refractivity contribution in [2.24, 2.45) is 0 Å². The van der Waals surface area contributed by atoms with Gasteiger partial charge >= 0.3 is 5.97 Å². The van der Waals surface area contributed by atoms with Crippen molar-refractivity contribution < 1.29 is 14.3 Å². The standard InChI is InChI=1S/C14H20N2O3/c1-3-19-14(18)8-9-15-10-12-4-6-13(7-5-12)16-11(2)17/h4-7,15H,3,8-10H2,1-2H3,(H,16,17). The van der Waals surface area contributed by atoms with Crippen molar-refractivity contribution >= 4 is 17.6 Å². The van der Waals surface area contributed by atoms with Crippen molar-refractivity contribution in [3.63, 3.8) is 0 Å². The van der Waals surface area contributed by atoms with E-state index in [4.69, 9.17) is 4.74 Å². The highest BCUT2D eigenvalue weighted by atomic mass is 16.5. The highest BCUT2D eigenvalue weighted by molar-refractivity contribution is 5.88. The maximum Gasteiger partial charge on any atom is 0.307 e. The molecule has 0 spiro atoms. The Hall–Kier alpha value is -1.88. The van der Waals surface area contributed by atoms with Gasteiger partial charge in [-0.1, -0.05) is 12.1 Å². The van der Waals surface area contributed by atoms with E-state index in [1.165, 1.54) is 6.92 Å². The Bertz CT molecular complexity index is 415. The minimum atomic E-state index is -0.184. The Labute approximate surface area is 113 Å². The van der Waals surface area contributed by atoms with Crippen molar-refractivity contribution in [2.45, 2.75) is 26.8 Å². The second-order valence-corrected chi connectivity index (χ2v) is 4.11. The van der Waals surface area contributed by atoms with Crippen LogP contribution < -0.4 is 10.6 Å². The lowest BCUT2D eigenvalue weighted by Gasteiger charge is -2.06. The Morgan fingerprint density at radius 1 is 1.21 bits per heavy atom. The van der Waals surface area contributed by atoms with Crippen LogP contribution in [-0.2, 0) is 20.9 Å². The van der Waals surface area contributed by atoms with Gasteiger partial charge in [-0.15, -0.1) is 0 Å². The number of esters is 1. The summed E-state index contributed by atoms with van der Waals surface area (Å²) in [6.45, 7) is 4.96. The van der Waals surface area contributed by atoms with E-state index in [0.29, 0.717) is 26.1 Å². The number of hydrogen-bond acceptors (Lipinski definition) is 4. The second-order valence-electron chi connectivity index (χ2n) is 4.11. The first-order chi connectivity index (χ1) is 9.11. The molecule has 104 valence electrons. The van der Waals surface area contributed by atoms with E-state index in [2.05, 4.69) is 10.6 Å². The molecule has 1 rings (SSSR count). The van der Waals surface area contributed by atoms with E-state index in [0.717, 1.165) is 11.3 Å². The molecule has 0 radical (unpaired) electrons. The van der Waals surface area contributed by atoms with Crippen molar-refractivity contribution in [3.8, 4) is 0 Å². The predicted octanol–water partition coefficient (Wildman–Crippen LogP) is 1.69. The van der Waals surface area contributed by atoms with Crippen LogP contribution in [0.2, 0.25) is 0 Å². The van der Waals surface area contributed by atoms with Crippen LogP contribution in [0.15, 0.2) is 24.3 Å². The van der Waals surface area contributed by atoms with E-state index in [1.807, 2.05) is 24.3 Å². The molecule has 2 N–H and O–H groups in total. The van der Waals surface area contributed by atoms with Crippen LogP contribution >= 0.6 is 0 Å². The molecule has 5 heteroatoms. The molecular weight excluding hydrogens is 244 g/mol. The van der Waals surface area contributed by atoms with Gasteiger partial charge < -0.3 is 15.4 Å². The van der Waals surface area contributed by atoms with E-state index in [9.17, 15) is 9.59 Å². The predicted molar refractivity (Wildman–Crippen MR) is 73.7 cm³/mol. The Kier molecular flexibility index (Phi) is 6.60. The van der Waals surface area contributed by atoms with Gasteiger partial charge in [0, 0.05) is 25.7 Å². The third-order valence-electron chi connectivity index (χ3n) is 2.41. The van der Waals surface area contributed by atoms with Gasteiger partial charge in [-0.05, 0) is 24.6 Å². The molecule has 0 aliphatic rings. The highest BCUT2D eigenvalue weighted by Gasteiger charge is 2.01. The molecule has 1 aromatic rings. The zero-order valence-electron chi connectivity index (χ0n) is 11.4. The molecule has 19 heavy (non-hydrogen) atoms. The molecule has 0 aliphatic carbocycles. The lowest BCUT2D eigenvalue weighted by atomic mass is 10.2. The van der Waals surface area contributed by atoms with Gasteiger partial charge in [-0.3, -0.25) is 9.59 Å². The summed E-state index contributed by atoms with van der Waals surface area (Å²) in [4.78, 5) is 22.0. The number of amides is 1. The van der Waals surface area contributed by atoms with E-state index in [-0.39, 0.29) is 11.9 Å². The Morgan fingerprint density at radius 3 is 2.47 bits per heavy atom. The largest absolute Gasteiger partial charge is 0.466 e. The fourth-order valence-corrected chi connectivity index (χ4v) is 1.57. The van der Waals surface area contributed by atoms with Crippen LogP contribution in [0.4, 0.5) is 5.69 Å². The minimum Gasteiger partial charge on any atom is -0.466 e. The van der Waals surface area contributed by atoms with E-state index in [1.54, 1.807) is 6.92 Å². The van der Waals surface area contributed by atoms with Crippen molar-refractivity contribution in [1.82, 2.24) is 5.32 Å². The third-order valence-corrected chi connectivity index (χ3v) is 2.41. The SMILES string of the molecule is CCOC(=O)CCNCc1ccc(NC(C)=O)cc1. The molecule has 0 saturated carbocycles. The minimum absolute atomic E-state index is 0.0830. The molecular formula is C14H20N2O3. The van der Waals surface area contributed by atoms with Gasteiger partial charge in [0.05, 0.1) is 13.0 Å². The molecule has 1 aromatic carbocycles. The van der Waals surface area contributed by atoms with Crippen LogP contribution in [0.5, 0.6) is 0 Å². The molecule has 0 heterocycles. The van der Waals surface area contributed by atoms with Crippen molar-refractivity contribution in [3.05, 3.63) is 29.8 Å². The first-order valence-electron chi connectivity index (χ1n) is 6.34. The van der Waals surface area contributed by atoms with Crippen LogP contribution in [0, 0.1) is 0 Å². The number of carbonyl (C=O) groups excluding carboxylic acids is 2. The number of ether oxygens (including phenoxy) is 1. The third kappa shape index (κ3) is 6.57. The molecule has 5 nitrogen and oxygen atoms in total. The molecule has 0 fully saturated rings. The van der Waals surface area contributed by atoms with Gasteiger partial charge in [-0.2, -0.15) is 0 Å². The second kappa shape index (κ2) is 8.26. The van der Waals surface area contributed by atoms with Gasteiger partial charge in [0.15, 0.2) is 0 Å².